The predicted molar refractivity (Wildman–Crippen MR) is 116 cm³/mol. The number of sulfonamides is 1. The van der Waals surface area contributed by atoms with Gasteiger partial charge >= 0.3 is 0 Å². The number of hydrogen-bond acceptors (Lipinski definition) is 5. The molecule has 1 saturated heterocycles. The van der Waals surface area contributed by atoms with Crippen molar-refractivity contribution in [2.24, 2.45) is 0 Å². The average molecular weight is 430 g/mol. The Balaban J connectivity index is 1.47. The number of ketones is 1. The van der Waals surface area contributed by atoms with Gasteiger partial charge < -0.3 is 9.80 Å². The van der Waals surface area contributed by atoms with Crippen molar-refractivity contribution in [1.29, 1.82) is 0 Å². The first-order valence-corrected chi connectivity index (χ1v) is 11.4. The second kappa shape index (κ2) is 9.40. The molecule has 3 rings (SSSR count). The lowest BCUT2D eigenvalue weighted by Crippen LogP contribution is -2.49. The molecule has 1 N–H and O–H groups in total. The number of benzene rings is 2. The number of piperazine rings is 1. The summed E-state index contributed by atoms with van der Waals surface area (Å²) in [6.07, 6.45) is 0.106. The summed E-state index contributed by atoms with van der Waals surface area (Å²) >= 11 is 0. The van der Waals surface area contributed by atoms with E-state index in [0.717, 1.165) is 18.8 Å². The van der Waals surface area contributed by atoms with Gasteiger partial charge in [0.1, 0.15) is 0 Å². The molecule has 0 atom stereocenters. The van der Waals surface area contributed by atoms with Crippen LogP contribution >= 0.6 is 0 Å². The number of aryl methyl sites for hydroxylation is 1. The number of nitrogens with zero attached hydrogens (tertiary/aromatic N) is 2. The molecular weight excluding hydrogens is 402 g/mol. The molecule has 0 radical (unpaired) electrons. The van der Waals surface area contributed by atoms with Crippen LogP contribution in [0.25, 0.3) is 0 Å². The molecule has 0 aromatic heterocycles. The first kappa shape index (κ1) is 22.0. The van der Waals surface area contributed by atoms with Gasteiger partial charge in [-0.2, -0.15) is 0 Å². The molecule has 2 aromatic carbocycles. The Kier molecular flexibility index (Phi) is 6.89. The Bertz CT molecular complexity index is 1010. The quantitative estimate of drug-likeness (QED) is 0.682. The molecule has 0 bridgehead atoms. The van der Waals surface area contributed by atoms with Crippen LogP contribution in [0.1, 0.15) is 29.3 Å². The maximum Gasteiger partial charge on any atom is 0.240 e. The molecule has 160 valence electrons. The van der Waals surface area contributed by atoms with Gasteiger partial charge in [-0.1, -0.05) is 24.3 Å². The highest BCUT2D eigenvalue weighted by molar-refractivity contribution is 7.89. The van der Waals surface area contributed by atoms with Gasteiger partial charge in [0.2, 0.25) is 15.9 Å². The SMILES string of the molecule is CC(=O)c1ccc(S(=O)(=O)NCCC(=O)N2CCN(c3cccc(C)c3)CC2)cc1. The third-order valence-electron chi connectivity index (χ3n) is 5.20. The summed E-state index contributed by atoms with van der Waals surface area (Å²) in [5.74, 6) is -0.187. The van der Waals surface area contributed by atoms with Crippen LogP contribution < -0.4 is 9.62 Å². The first-order chi connectivity index (χ1) is 14.3. The van der Waals surface area contributed by atoms with Crippen LogP contribution in [0.5, 0.6) is 0 Å². The second-order valence-electron chi connectivity index (χ2n) is 7.44. The van der Waals surface area contributed by atoms with Crippen LogP contribution in [-0.4, -0.2) is 57.7 Å². The number of rotatable bonds is 7. The number of nitrogens with one attached hydrogen (secondary N) is 1. The number of amides is 1. The standard InChI is InChI=1S/C22H27N3O4S/c1-17-4-3-5-20(16-17)24-12-14-25(15-13-24)22(27)10-11-23-30(28,29)21-8-6-19(7-9-21)18(2)26/h3-9,16,23H,10-15H2,1-2H3. The van der Waals surface area contributed by atoms with Crippen molar-refractivity contribution >= 4 is 27.4 Å². The number of anilines is 1. The molecule has 30 heavy (non-hydrogen) atoms. The van der Waals surface area contributed by atoms with E-state index in [1.54, 1.807) is 4.90 Å². The Morgan fingerprint density at radius 2 is 1.67 bits per heavy atom. The maximum absolute atomic E-state index is 12.5. The number of carbonyl (C=O) groups excluding carboxylic acids is 2. The van der Waals surface area contributed by atoms with Crippen molar-refractivity contribution in [2.75, 3.05) is 37.6 Å². The van der Waals surface area contributed by atoms with Gasteiger partial charge in [0.25, 0.3) is 0 Å². The predicted octanol–water partition coefficient (Wildman–Crippen LogP) is 2.21. The summed E-state index contributed by atoms with van der Waals surface area (Å²) in [6, 6.07) is 14.0. The smallest absolute Gasteiger partial charge is 0.240 e. The van der Waals surface area contributed by atoms with E-state index in [0.29, 0.717) is 18.7 Å². The summed E-state index contributed by atoms with van der Waals surface area (Å²) in [5, 5.41) is 0. The third-order valence-corrected chi connectivity index (χ3v) is 6.68. The lowest BCUT2D eigenvalue weighted by Gasteiger charge is -2.36. The van der Waals surface area contributed by atoms with Crippen molar-refractivity contribution in [1.82, 2.24) is 9.62 Å². The lowest BCUT2D eigenvalue weighted by atomic mass is 10.2. The average Bonchev–Trinajstić information content (AvgIpc) is 2.73. The first-order valence-electron chi connectivity index (χ1n) is 9.96. The molecule has 1 amide bonds. The molecule has 0 saturated carbocycles. The van der Waals surface area contributed by atoms with E-state index in [2.05, 4.69) is 34.7 Å². The molecule has 8 heteroatoms. The Labute approximate surface area is 177 Å². The molecule has 0 spiro atoms. The molecule has 0 unspecified atom stereocenters. The van der Waals surface area contributed by atoms with E-state index in [9.17, 15) is 18.0 Å². The second-order valence-corrected chi connectivity index (χ2v) is 9.20. The van der Waals surface area contributed by atoms with Gasteiger partial charge in [-0.05, 0) is 43.7 Å². The summed E-state index contributed by atoms with van der Waals surface area (Å²) in [4.78, 5) is 27.9. The largest absolute Gasteiger partial charge is 0.368 e. The van der Waals surface area contributed by atoms with Crippen molar-refractivity contribution in [3.8, 4) is 0 Å². The maximum atomic E-state index is 12.5. The van der Waals surface area contributed by atoms with Crippen molar-refractivity contribution in [3.05, 3.63) is 59.7 Å². The topological polar surface area (TPSA) is 86.8 Å². The molecular formula is C22H27N3O4S. The highest BCUT2D eigenvalue weighted by atomic mass is 32.2. The van der Waals surface area contributed by atoms with Crippen LogP contribution in [0.3, 0.4) is 0 Å². The Hall–Kier alpha value is -2.71. The third kappa shape index (κ3) is 5.46. The minimum atomic E-state index is -3.72. The summed E-state index contributed by atoms with van der Waals surface area (Å²) in [5.41, 5.74) is 2.81. The molecule has 1 fully saturated rings. The fourth-order valence-electron chi connectivity index (χ4n) is 3.44. The zero-order valence-corrected chi connectivity index (χ0v) is 18.1. The molecule has 0 aliphatic carbocycles. The summed E-state index contributed by atoms with van der Waals surface area (Å²) < 4.78 is 27.2. The normalized spacial score (nSPS) is 14.6. The van der Waals surface area contributed by atoms with Crippen LogP contribution in [-0.2, 0) is 14.8 Å². The van der Waals surface area contributed by atoms with E-state index < -0.39 is 10.0 Å². The fraction of sp³-hybridized carbons (Fsp3) is 0.364. The number of hydrogen-bond donors (Lipinski definition) is 1. The molecule has 1 aliphatic heterocycles. The number of Topliss-reactive ketones (excluding diaryl/α,β-unsaturated/α-hetero) is 1. The van der Waals surface area contributed by atoms with Gasteiger partial charge in [0.05, 0.1) is 4.90 Å². The summed E-state index contributed by atoms with van der Waals surface area (Å²) in [6.45, 7) is 6.26. The zero-order chi connectivity index (χ0) is 21.7. The van der Waals surface area contributed by atoms with Crippen LogP contribution in [0.15, 0.2) is 53.4 Å². The Morgan fingerprint density at radius 3 is 2.27 bits per heavy atom. The van der Waals surface area contributed by atoms with E-state index in [4.69, 9.17) is 0 Å². The molecule has 2 aromatic rings. The lowest BCUT2D eigenvalue weighted by molar-refractivity contribution is -0.131. The minimum absolute atomic E-state index is 0.0354. The monoisotopic (exact) mass is 429 g/mol. The van der Waals surface area contributed by atoms with E-state index in [1.807, 2.05) is 6.07 Å². The van der Waals surface area contributed by atoms with Gasteiger partial charge in [-0.25, -0.2) is 13.1 Å². The van der Waals surface area contributed by atoms with E-state index in [1.165, 1.54) is 36.8 Å². The van der Waals surface area contributed by atoms with Crippen molar-refractivity contribution in [2.45, 2.75) is 25.2 Å². The van der Waals surface area contributed by atoms with E-state index in [-0.39, 0.29) is 29.6 Å². The van der Waals surface area contributed by atoms with Crippen LogP contribution in [0.4, 0.5) is 5.69 Å². The highest BCUT2D eigenvalue weighted by Crippen LogP contribution is 2.18. The van der Waals surface area contributed by atoms with Crippen molar-refractivity contribution in [3.63, 3.8) is 0 Å². The number of carbonyl (C=O) groups is 2. The molecule has 1 aliphatic rings. The van der Waals surface area contributed by atoms with Crippen LogP contribution in [0.2, 0.25) is 0 Å². The highest BCUT2D eigenvalue weighted by Gasteiger charge is 2.22. The fourth-order valence-corrected chi connectivity index (χ4v) is 4.47. The van der Waals surface area contributed by atoms with E-state index >= 15 is 0 Å². The zero-order valence-electron chi connectivity index (χ0n) is 17.3. The Morgan fingerprint density at radius 1 is 1.00 bits per heavy atom. The molecule has 7 nitrogen and oxygen atoms in total. The minimum Gasteiger partial charge on any atom is -0.368 e. The van der Waals surface area contributed by atoms with Gasteiger partial charge in [-0.3, -0.25) is 9.59 Å². The van der Waals surface area contributed by atoms with Gasteiger partial charge in [0, 0.05) is 50.4 Å². The molecule has 1 heterocycles. The van der Waals surface area contributed by atoms with Gasteiger partial charge in [-0.15, -0.1) is 0 Å². The van der Waals surface area contributed by atoms with Gasteiger partial charge in [0.15, 0.2) is 5.78 Å². The van der Waals surface area contributed by atoms with Crippen molar-refractivity contribution < 1.29 is 18.0 Å². The van der Waals surface area contributed by atoms with Crippen LogP contribution in [0, 0.1) is 6.92 Å². The summed E-state index contributed by atoms with van der Waals surface area (Å²) in [7, 11) is -3.72.